The monoisotopic (exact) mass is 381 g/mol. The van der Waals surface area contributed by atoms with Gasteiger partial charge in [0, 0.05) is 6.20 Å². The molecule has 7 nitrogen and oxygen atoms in total. The van der Waals surface area contributed by atoms with E-state index < -0.39 is 14.7 Å². The number of rotatable bonds is 5. The van der Waals surface area contributed by atoms with Crippen LogP contribution in [-0.4, -0.2) is 29.6 Å². The SMILES string of the molecule is CSc1nc(C)nc(N/C=C(\C#N)S(=O)(=O)c2ccccc2Cl)n1. The van der Waals surface area contributed by atoms with Gasteiger partial charge >= 0.3 is 0 Å². The number of sulfone groups is 1. The number of anilines is 1. The number of benzene rings is 1. The van der Waals surface area contributed by atoms with E-state index in [0.29, 0.717) is 11.0 Å². The van der Waals surface area contributed by atoms with Gasteiger partial charge in [-0.05, 0) is 25.3 Å². The van der Waals surface area contributed by atoms with Gasteiger partial charge in [0.25, 0.3) is 0 Å². The first-order valence-corrected chi connectivity index (χ1v) is 9.60. The van der Waals surface area contributed by atoms with E-state index in [1.165, 1.54) is 30.0 Å². The van der Waals surface area contributed by atoms with Crippen LogP contribution in [0.5, 0.6) is 0 Å². The number of nitrogens with zero attached hydrogens (tertiary/aromatic N) is 4. The van der Waals surface area contributed by atoms with Crippen molar-refractivity contribution in [2.45, 2.75) is 17.0 Å². The second-order valence-corrected chi connectivity index (χ2v) is 7.46. The summed E-state index contributed by atoms with van der Waals surface area (Å²) in [6.45, 7) is 1.68. The molecule has 0 radical (unpaired) electrons. The van der Waals surface area contributed by atoms with Crippen LogP contribution in [0, 0.1) is 18.3 Å². The fourth-order valence-electron chi connectivity index (χ4n) is 1.69. The number of aryl methyl sites for hydroxylation is 1. The molecule has 0 aliphatic rings. The zero-order valence-corrected chi connectivity index (χ0v) is 15.1. The number of thioether (sulfide) groups is 1. The van der Waals surface area contributed by atoms with Gasteiger partial charge in [0.05, 0.1) is 9.92 Å². The number of nitrogens with one attached hydrogen (secondary N) is 1. The summed E-state index contributed by atoms with van der Waals surface area (Å²) in [7, 11) is -4.05. The van der Waals surface area contributed by atoms with E-state index >= 15 is 0 Å². The molecule has 1 heterocycles. The summed E-state index contributed by atoms with van der Waals surface area (Å²) in [5.74, 6) is 0.617. The maximum Gasteiger partial charge on any atom is 0.231 e. The van der Waals surface area contributed by atoms with E-state index in [9.17, 15) is 13.7 Å². The first-order valence-electron chi connectivity index (χ1n) is 6.51. The molecule has 0 saturated carbocycles. The first-order chi connectivity index (χ1) is 11.4. The Labute approximate surface area is 148 Å². The third-order valence-electron chi connectivity index (χ3n) is 2.77. The number of allylic oxidation sites excluding steroid dienone is 1. The summed E-state index contributed by atoms with van der Waals surface area (Å²) in [5.41, 5.74) is 0. The molecular formula is C14H12ClN5O2S2. The van der Waals surface area contributed by atoms with E-state index in [2.05, 4.69) is 20.3 Å². The highest BCUT2D eigenvalue weighted by Crippen LogP contribution is 2.26. The maximum absolute atomic E-state index is 12.5. The molecule has 1 N–H and O–H groups in total. The van der Waals surface area contributed by atoms with Crippen molar-refractivity contribution in [3.8, 4) is 6.07 Å². The van der Waals surface area contributed by atoms with Crippen LogP contribution in [0.3, 0.4) is 0 Å². The zero-order valence-electron chi connectivity index (χ0n) is 12.7. The topological polar surface area (TPSA) is 109 Å². The molecule has 0 saturated heterocycles. The lowest BCUT2D eigenvalue weighted by Gasteiger charge is -2.06. The molecule has 10 heteroatoms. The molecule has 0 aliphatic heterocycles. The minimum Gasteiger partial charge on any atom is -0.329 e. The number of hydrogen-bond acceptors (Lipinski definition) is 8. The Kier molecular flexibility index (Phi) is 5.77. The standard InChI is InChI=1S/C14H12ClN5O2S2/c1-9-18-13(20-14(19-9)23-2)17-8-10(7-16)24(21,22)12-6-4-3-5-11(12)15/h3-6,8H,1-2H3,(H,17,18,19,20)/b10-8+. The summed E-state index contributed by atoms with van der Waals surface area (Å²) in [6, 6.07) is 7.57. The molecule has 0 aliphatic carbocycles. The van der Waals surface area contributed by atoms with Crippen LogP contribution < -0.4 is 5.32 Å². The lowest BCUT2D eigenvalue weighted by atomic mass is 10.4. The predicted molar refractivity (Wildman–Crippen MR) is 92.3 cm³/mol. The van der Waals surface area contributed by atoms with Crippen molar-refractivity contribution < 1.29 is 8.42 Å². The summed E-state index contributed by atoms with van der Waals surface area (Å²) in [5, 5.41) is 12.4. The summed E-state index contributed by atoms with van der Waals surface area (Å²) < 4.78 is 25.0. The second-order valence-electron chi connectivity index (χ2n) is 4.39. The number of aromatic nitrogens is 3. The average Bonchev–Trinajstić information content (AvgIpc) is 2.54. The molecule has 0 unspecified atom stereocenters. The minimum absolute atomic E-state index is 0.0410. The van der Waals surface area contributed by atoms with Crippen molar-refractivity contribution >= 4 is 39.1 Å². The van der Waals surface area contributed by atoms with Crippen LogP contribution in [0.4, 0.5) is 5.95 Å². The maximum atomic E-state index is 12.5. The number of nitriles is 1. The van der Waals surface area contributed by atoms with E-state index in [1.807, 2.05) is 0 Å². The zero-order chi connectivity index (χ0) is 17.7. The molecule has 0 fully saturated rings. The van der Waals surface area contributed by atoms with Gasteiger partial charge in [-0.3, -0.25) is 0 Å². The van der Waals surface area contributed by atoms with Crippen molar-refractivity contribution in [3.63, 3.8) is 0 Å². The molecule has 1 aromatic heterocycles. The van der Waals surface area contributed by atoms with Gasteiger partial charge in [-0.15, -0.1) is 0 Å². The van der Waals surface area contributed by atoms with Gasteiger partial charge in [-0.25, -0.2) is 13.4 Å². The molecule has 0 amide bonds. The van der Waals surface area contributed by atoms with Crippen molar-refractivity contribution in [2.75, 3.05) is 11.6 Å². The second kappa shape index (κ2) is 7.61. The third-order valence-corrected chi connectivity index (χ3v) is 5.48. The Morgan fingerprint density at radius 1 is 1.33 bits per heavy atom. The van der Waals surface area contributed by atoms with Crippen LogP contribution >= 0.6 is 23.4 Å². The van der Waals surface area contributed by atoms with Crippen LogP contribution in [0.25, 0.3) is 0 Å². The largest absolute Gasteiger partial charge is 0.329 e. The quantitative estimate of drug-likeness (QED) is 0.622. The fraction of sp³-hybridized carbons (Fsp3) is 0.143. The Hall–Kier alpha value is -2.15. The summed E-state index contributed by atoms with van der Waals surface area (Å²) in [6.07, 6.45) is 2.84. The minimum atomic E-state index is -4.05. The predicted octanol–water partition coefficient (Wildman–Crippen LogP) is 2.81. The van der Waals surface area contributed by atoms with Crippen LogP contribution in [0.15, 0.2) is 45.4 Å². The molecule has 24 heavy (non-hydrogen) atoms. The number of halogens is 1. The van der Waals surface area contributed by atoms with Crippen LogP contribution in [0.2, 0.25) is 5.02 Å². The summed E-state index contributed by atoms with van der Waals surface area (Å²) in [4.78, 5) is 11.6. The van der Waals surface area contributed by atoms with Gasteiger partial charge in [0.2, 0.25) is 15.8 Å². The molecule has 124 valence electrons. The number of hydrogen-bond donors (Lipinski definition) is 1. The highest BCUT2D eigenvalue weighted by atomic mass is 35.5. The lowest BCUT2D eigenvalue weighted by Crippen LogP contribution is -2.08. The van der Waals surface area contributed by atoms with E-state index in [0.717, 1.165) is 6.20 Å². The highest BCUT2D eigenvalue weighted by Gasteiger charge is 2.23. The molecule has 0 bridgehead atoms. The van der Waals surface area contributed by atoms with Gasteiger partial charge in [0.1, 0.15) is 11.9 Å². The molecule has 2 aromatic rings. The van der Waals surface area contributed by atoms with E-state index in [1.54, 1.807) is 25.3 Å². The van der Waals surface area contributed by atoms with Crippen LogP contribution in [-0.2, 0) is 9.84 Å². The van der Waals surface area contributed by atoms with Crippen molar-refractivity contribution in [1.82, 2.24) is 15.0 Å². The normalized spacial score (nSPS) is 11.8. The van der Waals surface area contributed by atoms with Crippen LogP contribution in [0.1, 0.15) is 5.82 Å². The summed E-state index contributed by atoms with van der Waals surface area (Å²) >= 11 is 7.23. The Morgan fingerprint density at radius 2 is 2.04 bits per heavy atom. The molecular weight excluding hydrogens is 370 g/mol. The van der Waals surface area contributed by atoms with E-state index in [-0.39, 0.29) is 15.9 Å². The smallest absolute Gasteiger partial charge is 0.231 e. The first kappa shape index (κ1) is 18.2. The van der Waals surface area contributed by atoms with Crippen molar-refractivity contribution in [2.24, 2.45) is 0 Å². The van der Waals surface area contributed by atoms with Crippen molar-refractivity contribution in [1.29, 1.82) is 5.26 Å². The Balaban J connectivity index is 2.39. The van der Waals surface area contributed by atoms with Gasteiger partial charge in [0.15, 0.2) is 10.1 Å². The fourth-order valence-corrected chi connectivity index (χ4v) is 3.69. The van der Waals surface area contributed by atoms with Crippen molar-refractivity contribution in [3.05, 3.63) is 46.2 Å². The third kappa shape index (κ3) is 4.03. The average molecular weight is 382 g/mol. The van der Waals surface area contributed by atoms with E-state index in [4.69, 9.17) is 11.6 Å². The van der Waals surface area contributed by atoms with Gasteiger partial charge in [-0.1, -0.05) is 35.5 Å². The van der Waals surface area contributed by atoms with Gasteiger partial charge < -0.3 is 5.32 Å². The highest BCUT2D eigenvalue weighted by molar-refractivity contribution is 7.98. The molecule has 0 spiro atoms. The van der Waals surface area contributed by atoms with Gasteiger partial charge in [-0.2, -0.15) is 15.2 Å². The lowest BCUT2D eigenvalue weighted by molar-refractivity contribution is 0.603. The Morgan fingerprint density at radius 3 is 2.67 bits per heavy atom. The molecule has 2 rings (SSSR count). The Bertz CT molecular complexity index is 938. The molecule has 1 aromatic carbocycles. The molecule has 0 atom stereocenters.